The zero-order chi connectivity index (χ0) is 13.0. The van der Waals surface area contributed by atoms with E-state index in [1.54, 1.807) is 0 Å². The molecule has 2 fully saturated rings. The lowest BCUT2D eigenvalue weighted by molar-refractivity contribution is -0.00615. The Morgan fingerprint density at radius 2 is 2.00 bits per heavy atom. The zero-order valence-corrected chi connectivity index (χ0v) is 11.6. The Kier molecular flexibility index (Phi) is 5.18. The number of hydrogen-bond acceptors (Lipinski definition) is 4. The van der Waals surface area contributed by atoms with Crippen molar-refractivity contribution in [1.82, 2.24) is 9.80 Å². The van der Waals surface area contributed by atoms with Crippen LogP contribution >= 0.6 is 0 Å². The lowest BCUT2D eigenvalue weighted by Gasteiger charge is -2.33. The number of allylic oxidation sites excluding steroid dienone is 1. The topological polar surface area (TPSA) is 35.9 Å². The molecule has 0 unspecified atom stereocenters. The van der Waals surface area contributed by atoms with Crippen LogP contribution in [0.4, 0.5) is 0 Å². The molecule has 18 heavy (non-hydrogen) atoms. The molecule has 0 saturated carbocycles. The molecule has 2 saturated heterocycles. The first-order valence-electron chi connectivity index (χ1n) is 7.02. The molecule has 4 nitrogen and oxygen atoms in total. The van der Waals surface area contributed by atoms with E-state index < -0.39 is 0 Å². The molecule has 104 valence electrons. The van der Waals surface area contributed by atoms with Gasteiger partial charge in [0.05, 0.1) is 19.3 Å². The Labute approximate surface area is 110 Å². The van der Waals surface area contributed by atoms with Crippen LogP contribution in [-0.4, -0.2) is 73.0 Å². The summed E-state index contributed by atoms with van der Waals surface area (Å²) in [6.07, 6.45) is 3.16. The first-order valence-corrected chi connectivity index (χ1v) is 7.02. The van der Waals surface area contributed by atoms with Crippen molar-refractivity contribution in [3.63, 3.8) is 0 Å². The van der Waals surface area contributed by atoms with Crippen LogP contribution in [0.5, 0.6) is 0 Å². The fourth-order valence-corrected chi connectivity index (χ4v) is 2.83. The molecule has 0 radical (unpaired) electrons. The number of aliphatic hydroxyl groups excluding tert-OH is 1. The number of likely N-dealkylation sites (tertiary alicyclic amines) is 1. The van der Waals surface area contributed by atoms with Gasteiger partial charge in [0.1, 0.15) is 0 Å². The molecule has 4 heteroatoms. The van der Waals surface area contributed by atoms with E-state index in [0.717, 1.165) is 52.4 Å². The molecule has 0 bridgehead atoms. The van der Waals surface area contributed by atoms with Gasteiger partial charge in [0.15, 0.2) is 0 Å². The fourth-order valence-electron chi connectivity index (χ4n) is 2.83. The van der Waals surface area contributed by atoms with Gasteiger partial charge < -0.3 is 9.84 Å². The van der Waals surface area contributed by atoms with Gasteiger partial charge in [-0.05, 0) is 20.3 Å². The summed E-state index contributed by atoms with van der Waals surface area (Å²) in [5.41, 5.74) is 1.37. The summed E-state index contributed by atoms with van der Waals surface area (Å²) in [6.45, 7) is 10.7. The number of hydrogen-bond donors (Lipinski definition) is 1. The van der Waals surface area contributed by atoms with E-state index in [0.29, 0.717) is 6.04 Å². The van der Waals surface area contributed by atoms with Crippen LogP contribution in [-0.2, 0) is 4.74 Å². The highest BCUT2D eigenvalue weighted by Crippen LogP contribution is 2.18. The molecule has 2 atom stereocenters. The van der Waals surface area contributed by atoms with Crippen LogP contribution in [0, 0.1) is 0 Å². The number of morpholine rings is 1. The van der Waals surface area contributed by atoms with Crippen molar-refractivity contribution < 1.29 is 9.84 Å². The molecule has 2 rings (SSSR count). The SMILES string of the molecule is CC(C)=CCCN1C[C@H](O)[C@@H](N2CCOCC2)C1. The van der Waals surface area contributed by atoms with Crippen LogP contribution in [0.3, 0.4) is 0 Å². The van der Waals surface area contributed by atoms with Crippen LogP contribution in [0.25, 0.3) is 0 Å². The van der Waals surface area contributed by atoms with Crippen molar-refractivity contribution in [2.24, 2.45) is 0 Å². The molecule has 0 aliphatic carbocycles. The maximum Gasteiger partial charge on any atom is 0.0834 e. The van der Waals surface area contributed by atoms with E-state index in [2.05, 4.69) is 29.7 Å². The average Bonchev–Trinajstić information content (AvgIpc) is 2.71. The minimum absolute atomic E-state index is 0.199. The number of β-amino-alcohol motifs (C(OH)–C–C–N with tert-alkyl or cyclic N) is 1. The number of aliphatic hydroxyl groups is 1. The van der Waals surface area contributed by atoms with Gasteiger partial charge in [-0.25, -0.2) is 0 Å². The molecular formula is C14H26N2O2. The van der Waals surface area contributed by atoms with Crippen molar-refractivity contribution in [3.05, 3.63) is 11.6 Å². The number of rotatable bonds is 4. The largest absolute Gasteiger partial charge is 0.390 e. The third kappa shape index (κ3) is 3.79. The predicted octanol–water partition coefficient (Wildman–Crippen LogP) is 0.720. The normalized spacial score (nSPS) is 30.6. The molecule has 0 aromatic heterocycles. The predicted molar refractivity (Wildman–Crippen MR) is 72.7 cm³/mol. The Balaban J connectivity index is 1.78. The van der Waals surface area contributed by atoms with Crippen molar-refractivity contribution in [3.8, 4) is 0 Å². The molecule has 0 aromatic rings. The second-order valence-electron chi connectivity index (χ2n) is 5.61. The first kappa shape index (κ1) is 14.0. The zero-order valence-electron chi connectivity index (χ0n) is 11.6. The molecule has 0 amide bonds. The molecule has 2 aliphatic heterocycles. The number of nitrogens with zero attached hydrogens (tertiary/aromatic N) is 2. The maximum absolute atomic E-state index is 10.2. The number of ether oxygens (including phenoxy) is 1. The second-order valence-corrected chi connectivity index (χ2v) is 5.61. The summed E-state index contributed by atoms with van der Waals surface area (Å²) < 4.78 is 5.37. The Morgan fingerprint density at radius 3 is 2.67 bits per heavy atom. The molecule has 2 aliphatic rings. The molecule has 0 aromatic carbocycles. The quantitative estimate of drug-likeness (QED) is 0.750. The van der Waals surface area contributed by atoms with Gasteiger partial charge in [-0.2, -0.15) is 0 Å². The Bertz CT molecular complexity index is 284. The van der Waals surface area contributed by atoms with Crippen molar-refractivity contribution >= 4 is 0 Å². The van der Waals surface area contributed by atoms with E-state index >= 15 is 0 Å². The Morgan fingerprint density at radius 1 is 1.28 bits per heavy atom. The fraction of sp³-hybridized carbons (Fsp3) is 0.857. The molecule has 1 N–H and O–H groups in total. The summed E-state index contributed by atoms with van der Waals surface area (Å²) in [5, 5.41) is 10.2. The van der Waals surface area contributed by atoms with Gasteiger partial charge in [-0.15, -0.1) is 0 Å². The van der Waals surface area contributed by atoms with Crippen molar-refractivity contribution in [1.29, 1.82) is 0 Å². The van der Waals surface area contributed by atoms with E-state index in [4.69, 9.17) is 4.74 Å². The van der Waals surface area contributed by atoms with Gasteiger partial charge in [-0.1, -0.05) is 11.6 Å². The lowest BCUT2D eigenvalue weighted by Crippen LogP contribution is -2.48. The third-order valence-corrected chi connectivity index (χ3v) is 3.85. The summed E-state index contributed by atoms with van der Waals surface area (Å²) in [7, 11) is 0. The van der Waals surface area contributed by atoms with Crippen LogP contribution in [0.2, 0.25) is 0 Å². The standard InChI is InChI=1S/C14H26N2O2/c1-12(2)4-3-5-15-10-13(14(17)11-15)16-6-8-18-9-7-16/h4,13-14,17H,3,5-11H2,1-2H3/t13-,14-/m0/s1. The smallest absolute Gasteiger partial charge is 0.0834 e. The summed E-state index contributed by atoms with van der Waals surface area (Å²) in [5.74, 6) is 0. The lowest BCUT2D eigenvalue weighted by atomic mass is 10.1. The van der Waals surface area contributed by atoms with E-state index in [1.165, 1.54) is 5.57 Å². The van der Waals surface area contributed by atoms with E-state index in [9.17, 15) is 5.11 Å². The average molecular weight is 254 g/mol. The minimum Gasteiger partial charge on any atom is -0.390 e. The van der Waals surface area contributed by atoms with E-state index in [1.807, 2.05) is 0 Å². The van der Waals surface area contributed by atoms with Crippen LogP contribution < -0.4 is 0 Å². The van der Waals surface area contributed by atoms with Gasteiger partial charge in [0.2, 0.25) is 0 Å². The highest BCUT2D eigenvalue weighted by molar-refractivity contribution is 4.96. The van der Waals surface area contributed by atoms with Gasteiger partial charge in [0.25, 0.3) is 0 Å². The summed E-state index contributed by atoms with van der Waals surface area (Å²) >= 11 is 0. The monoisotopic (exact) mass is 254 g/mol. The highest BCUT2D eigenvalue weighted by atomic mass is 16.5. The van der Waals surface area contributed by atoms with Crippen LogP contribution in [0.1, 0.15) is 20.3 Å². The first-order chi connectivity index (χ1) is 8.66. The van der Waals surface area contributed by atoms with Crippen LogP contribution in [0.15, 0.2) is 11.6 Å². The molecular weight excluding hydrogens is 228 g/mol. The maximum atomic E-state index is 10.2. The van der Waals surface area contributed by atoms with Gasteiger partial charge >= 0.3 is 0 Å². The van der Waals surface area contributed by atoms with Gasteiger partial charge in [-0.3, -0.25) is 9.80 Å². The summed E-state index contributed by atoms with van der Waals surface area (Å²) in [4.78, 5) is 4.76. The summed E-state index contributed by atoms with van der Waals surface area (Å²) in [6, 6.07) is 0.306. The Hall–Kier alpha value is -0.420. The van der Waals surface area contributed by atoms with Gasteiger partial charge in [0, 0.05) is 38.8 Å². The molecule has 2 heterocycles. The second kappa shape index (κ2) is 6.66. The molecule has 0 spiro atoms. The van der Waals surface area contributed by atoms with Crippen molar-refractivity contribution in [2.75, 3.05) is 45.9 Å². The highest BCUT2D eigenvalue weighted by Gasteiger charge is 2.35. The van der Waals surface area contributed by atoms with Crippen molar-refractivity contribution in [2.45, 2.75) is 32.4 Å². The minimum atomic E-state index is -0.199. The van der Waals surface area contributed by atoms with E-state index in [-0.39, 0.29) is 6.10 Å². The third-order valence-electron chi connectivity index (χ3n) is 3.85.